The number of piperidine rings is 1. The third kappa shape index (κ3) is 4.32. The number of likely N-dealkylation sites (tertiary alicyclic amines) is 1. The lowest BCUT2D eigenvalue weighted by Gasteiger charge is -2.33. The van der Waals surface area contributed by atoms with Crippen LogP contribution in [0.25, 0.3) is 5.82 Å². The van der Waals surface area contributed by atoms with Gasteiger partial charge in [0.2, 0.25) is 0 Å². The molecule has 0 aliphatic carbocycles. The molecule has 0 spiro atoms. The Morgan fingerprint density at radius 3 is 3.00 bits per heavy atom. The number of carbonyl (C=O) groups is 1. The lowest BCUT2D eigenvalue weighted by atomic mass is 10.0. The number of anilines is 1. The van der Waals surface area contributed by atoms with Crippen LogP contribution in [-0.4, -0.2) is 51.4 Å². The highest BCUT2D eigenvalue weighted by molar-refractivity contribution is 5.89. The first-order chi connectivity index (χ1) is 11.7. The van der Waals surface area contributed by atoms with Crippen molar-refractivity contribution in [3.05, 3.63) is 36.8 Å². The minimum Gasteiger partial charge on any atom is -0.337 e. The molecule has 2 amide bonds. The highest BCUT2D eigenvalue weighted by Crippen LogP contribution is 2.15. The summed E-state index contributed by atoms with van der Waals surface area (Å²) in [6.07, 6.45) is 8.97. The third-order valence-electron chi connectivity index (χ3n) is 4.37. The van der Waals surface area contributed by atoms with Crippen molar-refractivity contribution in [2.24, 2.45) is 0 Å². The zero-order valence-corrected chi connectivity index (χ0v) is 14.0. The molecular weight excluding hydrogens is 304 g/mol. The Morgan fingerprint density at radius 2 is 2.29 bits per heavy atom. The first-order valence-corrected chi connectivity index (χ1v) is 8.47. The van der Waals surface area contributed by atoms with Gasteiger partial charge in [-0.3, -0.25) is 4.90 Å². The quantitative estimate of drug-likeness (QED) is 0.883. The largest absolute Gasteiger partial charge is 0.337 e. The fourth-order valence-corrected chi connectivity index (χ4v) is 2.98. The normalized spacial score (nSPS) is 18.3. The number of carbonyl (C=O) groups excluding carboxylic acids is 1. The molecule has 24 heavy (non-hydrogen) atoms. The number of urea groups is 1. The van der Waals surface area contributed by atoms with Crippen LogP contribution in [0.15, 0.2) is 36.8 Å². The van der Waals surface area contributed by atoms with Crippen molar-refractivity contribution in [3.8, 4) is 5.82 Å². The Balaban J connectivity index is 1.43. The van der Waals surface area contributed by atoms with Crippen molar-refractivity contribution in [1.82, 2.24) is 25.0 Å². The third-order valence-corrected chi connectivity index (χ3v) is 4.37. The van der Waals surface area contributed by atoms with Gasteiger partial charge in [-0.2, -0.15) is 5.10 Å². The van der Waals surface area contributed by atoms with Crippen molar-refractivity contribution >= 4 is 11.7 Å². The van der Waals surface area contributed by atoms with Crippen LogP contribution in [-0.2, 0) is 0 Å². The van der Waals surface area contributed by atoms with Crippen molar-refractivity contribution in [2.75, 3.05) is 25.0 Å². The number of aromatic nitrogens is 3. The Bertz CT molecular complexity index is 640. The number of pyridine rings is 1. The lowest BCUT2D eigenvalue weighted by molar-refractivity contribution is 0.162. The summed E-state index contributed by atoms with van der Waals surface area (Å²) in [5, 5.41) is 9.82. The summed E-state index contributed by atoms with van der Waals surface area (Å²) < 4.78 is 1.67. The standard InChI is InChI=1S/C17H24N6O/c1-14-5-2-3-10-22(14)12-9-18-17(24)21-15-6-7-16(19-13-15)23-11-4-8-20-23/h4,6-8,11,13-14H,2-3,5,9-10,12H2,1H3,(H2,18,21,24)/t14-/m0/s1. The van der Waals surface area contributed by atoms with Crippen LogP contribution in [0.1, 0.15) is 26.2 Å². The van der Waals surface area contributed by atoms with Crippen LogP contribution in [0, 0.1) is 0 Å². The van der Waals surface area contributed by atoms with E-state index in [1.807, 2.05) is 24.4 Å². The fraction of sp³-hybridized carbons (Fsp3) is 0.471. The summed E-state index contributed by atoms with van der Waals surface area (Å²) in [5.41, 5.74) is 0.662. The van der Waals surface area contributed by atoms with Gasteiger partial charge in [-0.15, -0.1) is 0 Å². The van der Waals surface area contributed by atoms with Crippen LogP contribution in [0.3, 0.4) is 0 Å². The maximum absolute atomic E-state index is 12.0. The van der Waals surface area contributed by atoms with Crippen LogP contribution in [0.5, 0.6) is 0 Å². The smallest absolute Gasteiger partial charge is 0.319 e. The Labute approximate surface area is 142 Å². The van der Waals surface area contributed by atoms with E-state index in [1.54, 1.807) is 17.1 Å². The molecule has 0 saturated carbocycles. The molecule has 2 aromatic heterocycles. The molecule has 1 atom stereocenters. The topological polar surface area (TPSA) is 75.1 Å². The summed E-state index contributed by atoms with van der Waals surface area (Å²) in [5.74, 6) is 0.713. The molecule has 128 valence electrons. The van der Waals surface area contributed by atoms with E-state index in [1.165, 1.54) is 19.3 Å². The van der Waals surface area contributed by atoms with Gasteiger partial charge in [0.05, 0.1) is 11.9 Å². The number of rotatable bonds is 5. The van der Waals surface area contributed by atoms with Crippen molar-refractivity contribution in [1.29, 1.82) is 0 Å². The monoisotopic (exact) mass is 328 g/mol. The Hall–Kier alpha value is -2.41. The maximum atomic E-state index is 12.0. The van der Waals surface area contributed by atoms with Gasteiger partial charge < -0.3 is 10.6 Å². The van der Waals surface area contributed by atoms with Crippen molar-refractivity contribution < 1.29 is 4.79 Å². The van der Waals surface area contributed by atoms with Gasteiger partial charge in [0, 0.05) is 31.5 Å². The van der Waals surface area contributed by atoms with Crippen LogP contribution >= 0.6 is 0 Å². The summed E-state index contributed by atoms with van der Waals surface area (Å²) in [7, 11) is 0. The molecule has 0 aromatic carbocycles. The van der Waals surface area contributed by atoms with Gasteiger partial charge in [-0.25, -0.2) is 14.5 Å². The molecule has 1 aliphatic rings. The van der Waals surface area contributed by atoms with E-state index < -0.39 is 0 Å². The molecule has 7 heteroatoms. The highest BCUT2D eigenvalue weighted by atomic mass is 16.2. The van der Waals surface area contributed by atoms with Crippen molar-refractivity contribution in [2.45, 2.75) is 32.2 Å². The first-order valence-electron chi connectivity index (χ1n) is 8.47. The predicted octanol–water partition coefficient (Wildman–Crippen LogP) is 2.26. The number of hydrogen-bond acceptors (Lipinski definition) is 4. The van der Waals surface area contributed by atoms with Gasteiger partial charge in [0.25, 0.3) is 0 Å². The molecule has 0 bridgehead atoms. The zero-order chi connectivity index (χ0) is 16.8. The van der Waals surface area contributed by atoms with E-state index in [9.17, 15) is 4.79 Å². The molecular formula is C17H24N6O. The number of nitrogens with one attached hydrogen (secondary N) is 2. The van der Waals surface area contributed by atoms with Gasteiger partial charge in [0.1, 0.15) is 0 Å². The van der Waals surface area contributed by atoms with Crippen molar-refractivity contribution in [3.63, 3.8) is 0 Å². The predicted molar refractivity (Wildman–Crippen MR) is 93.3 cm³/mol. The lowest BCUT2D eigenvalue weighted by Crippen LogP contribution is -2.43. The van der Waals surface area contributed by atoms with E-state index in [4.69, 9.17) is 0 Å². The molecule has 0 unspecified atom stereocenters. The second kappa shape index (κ2) is 7.92. The van der Waals surface area contributed by atoms with Crippen LogP contribution in [0.2, 0.25) is 0 Å². The van der Waals surface area contributed by atoms with Gasteiger partial charge in [-0.1, -0.05) is 6.42 Å². The SMILES string of the molecule is C[C@H]1CCCCN1CCNC(=O)Nc1ccc(-n2cccn2)nc1. The van der Waals surface area contributed by atoms with E-state index in [0.717, 1.165) is 13.1 Å². The van der Waals surface area contributed by atoms with Gasteiger partial charge >= 0.3 is 6.03 Å². The molecule has 3 rings (SSSR count). The van der Waals surface area contributed by atoms with Gasteiger partial charge in [-0.05, 0) is 44.5 Å². The summed E-state index contributed by atoms with van der Waals surface area (Å²) in [6.45, 7) is 4.93. The van der Waals surface area contributed by atoms with E-state index in [0.29, 0.717) is 24.1 Å². The number of amides is 2. The highest BCUT2D eigenvalue weighted by Gasteiger charge is 2.17. The average Bonchev–Trinajstić information content (AvgIpc) is 3.12. The van der Waals surface area contributed by atoms with Gasteiger partial charge in [0.15, 0.2) is 5.82 Å². The zero-order valence-electron chi connectivity index (χ0n) is 14.0. The van der Waals surface area contributed by atoms with E-state index in [2.05, 4.69) is 32.5 Å². The molecule has 1 aliphatic heterocycles. The van der Waals surface area contributed by atoms with E-state index in [-0.39, 0.29) is 6.03 Å². The molecule has 3 heterocycles. The first kappa shape index (κ1) is 16.4. The van der Waals surface area contributed by atoms with Crippen LogP contribution in [0.4, 0.5) is 10.5 Å². The summed E-state index contributed by atoms with van der Waals surface area (Å²) >= 11 is 0. The molecule has 7 nitrogen and oxygen atoms in total. The average molecular weight is 328 g/mol. The summed E-state index contributed by atoms with van der Waals surface area (Å²) in [4.78, 5) is 18.7. The fourth-order valence-electron chi connectivity index (χ4n) is 2.98. The molecule has 0 radical (unpaired) electrons. The maximum Gasteiger partial charge on any atom is 0.319 e. The van der Waals surface area contributed by atoms with E-state index >= 15 is 0 Å². The molecule has 1 saturated heterocycles. The minimum absolute atomic E-state index is 0.201. The summed E-state index contributed by atoms with van der Waals surface area (Å²) in [6, 6.07) is 5.88. The molecule has 1 fully saturated rings. The Morgan fingerprint density at radius 1 is 1.38 bits per heavy atom. The van der Waals surface area contributed by atoms with Crippen LogP contribution < -0.4 is 10.6 Å². The number of nitrogens with zero attached hydrogens (tertiary/aromatic N) is 4. The second-order valence-corrected chi connectivity index (χ2v) is 6.12. The molecule has 2 N–H and O–H groups in total. The molecule has 2 aromatic rings. The Kier molecular flexibility index (Phi) is 5.43. The number of hydrogen-bond donors (Lipinski definition) is 2. The second-order valence-electron chi connectivity index (χ2n) is 6.12. The minimum atomic E-state index is -0.201.